The van der Waals surface area contributed by atoms with Gasteiger partial charge in [0.05, 0.1) is 7.11 Å². The van der Waals surface area contributed by atoms with Crippen molar-refractivity contribution in [2.45, 2.75) is 5.51 Å². The van der Waals surface area contributed by atoms with Crippen LogP contribution < -0.4 is 4.72 Å². The molecule has 0 aromatic carbocycles. The molecule has 9 heteroatoms. The summed E-state index contributed by atoms with van der Waals surface area (Å²) in [5.74, 6) is 0. The van der Waals surface area contributed by atoms with Crippen molar-refractivity contribution in [2.24, 2.45) is 4.99 Å². The summed E-state index contributed by atoms with van der Waals surface area (Å²) in [6.45, 7) is 0. The van der Waals surface area contributed by atoms with E-state index in [1.54, 1.807) is 0 Å². The number of amidine groups is 1. The van der Waals surface area contributed by atoms with Crippen molar-refractivity contribution >= 4 is 16.0 Å². The molecule has 0 aliphatic carbocycles. The van der Waals surface area contributed by atoms with Gasteiger partial charge in [-0.3, -0.25) is 0 Å². The molecule has 0 saturated heterocycles. The molecule has 5 nitrogen and oxygen atoms in total. The van der Waals surface area contributed by atoms with Crippen LogP contribution in [0.25, 0.3) is 0 Å². The molecule has 0 aromatic rings. The maximum absolute atomic E-state index is 11.7. The largest absolute Gasteiger partial charge is 0.516 e. The van der Waals surface area contributed by atoms with Crippen molar-refractivity contribution in [3.05, 3.63) is 0 Å². The number of hydrogen-bond acceptors (Lipinski definition) is 4. The summed E-state index contributed by atoms with van der Waals surface area (Å²) >= 11 is 0. The molecule has 0 bridgehead atoms. The first-order valence-electron chi connectivity index (χ1n) is 2.84. The molecule has 0 saturated carbocycles. The number of rotatable bonds is 1. The molecule has 0 radical (unpaired) electrons. The SMILES string of the molecule is CN=C(NS(=O)(=O)C(F)(F)F)OC. The molecular weight excluding hydrogens is 213 g/mol. The fourth-order valence-corrected chi connectivity index (χ4v) is 0.872. The summed E-state index contributed by atoms with van der Waals surface area (Å²) in [6, 6.07) is -0.725. The molecule has 0 rings (SSSR count). The Kier molecular flexibility index (Phi) is 3.52. The first-order chi connectivity index (χ1) is 5.74. The van der Waals surface area contributed by atoms with Crippen LogP contribution in [0.2, 0.25) is 0 Å². The van der Waals surface area contributed by atoms with Crippen LogP contribution in [0.4, 0.5) is 13.2 Å². The molecule has 0 aromatic heterocycles. The third-order valence-electron chi connectivity index (χ3n) is 0.923. The molecule has 13 heavy (non-hydrogen) atoms. The van der Waals surface area contributed by atoms with Crippen molar-refractivity contribution < 1.29 is 26.3 Å². The minimum Gasteiger partial charge on any atom is -0.468 e. The highest BCUT2D eigenvalue weighted by atomic mass is 32.2. The van der Waals surface area contributed by atoms with E-state index in [1.807, 2.05) is 0 Å². The first kappa shape index (κ1) is 12.0. The van der Waals surface area contributed by atoms with Gasteiger partial charge in [0.25, 0.3) is 6.02 Å². The Hall–Kier alpha value is -0.990. The molecule has 0 aliphatic rings. The van der Waals surface area contributed by atoms with Gasteiger partial charge in [-0.2, -0.15) is 21.6 Å². The number of sulfonamides is 1. The number of nitrogens with one attached hydrogen (secondary N) is 1. The Morgan fingerprint density at radius 3 is 2.15 bits per heavy atom. The normalized spacial score (nSPS) is 14.1. The van der Waals surface area contributed by atoms with Crippen LogP contribution in [0.1, 0.15) is 0 Å². The van der Waals surface area contributed by atoms with E-state index in [0.717, 1.165) is 18.9 Å². The van der Waals surface area contributed by atoms with Gasteiger partial charge in [0.2, 0.25) is 0 Å². The molecule has 78 valence electrons. The fraction of sp³-hybridized carbons (Fsp3) is 0.750. The van der Waals surface area contributed by atoms with E-state index in [4.69, 9.17) is 0 Å². The van der Waals surface area contributed by atoms with Crippen LogP contribution in [-0.4, -0.2) is 34.1 Å². The zero-order valence-electron chi connectivity index (χ0n) is 6.71. The van der Waals surface area contributed by atoms with E-state index >= 15 is 0 Å². The molecular formula is C4H7F3N2O3S. The van der Waals surface area contributed by atoms with Crippen molar-refractivity contribution in [1.29, 1.82) is 0 Å². The zero-order valence-corrected chi connectivity index (χ0v) is 7.53. The van der Waals surface area contributed by atoms with E-state index in [-0.39, 0.29) is 0 Å². The predicted octanol–water partition coefficient (Wildman–Crippen LogP) is 0.0578. The van der Waals surface area contributed by atoms with Crippen LogP contribution in [0, 0.1) is 0 Å². The van der Waals surface area contributed by atoms with Crippen molar-refractivity contribution in [3.8, 4) is 0 Å². The lowest BCUT2D eigenvalue weighted by atomic mass is 11.1. The van der Waals surface area contributed by atoms with Crippen LogP contribution in [-0.2, 0) is 14.8 Å². The minimum absolute atomic E-state index is 0.725. The Balaban J connectivity index is 4.73. The number of alkyl halides is 3. The molecule has 0 heterocycles. The van der Waals surface area contributed by atoms with Gasteiger partial charge in [0.1, 0.15) is 0 Å². The van der Waals surface area contributed by atoms with Gasteiger partial charge in [0.15, 0.2) is 0 Å². The summed E-state index contributed by atoms with van der Waals surface area (Å²) in [7, 11) is -3.36. The Bertz CT molecular complexity index is 294. The van der Waals surface area contributed by atoms with Gasteiger partial charge in [-0.15, -0.1) is 0 Å². The lowest BCUT2D eigenvalue weighted by molar-refractivity contribution is -0.0443. The number of methoxy groups -OCH3 is 1. The van der Waals surface area contributed by atoms with Crippen LogP contribution >= 0.6 is 0 Å². The van der Waals surface area contributed by atoms with E-state index in [0.29, 0.717) is 0 Å². The lowest BCUT2D eigenvalue weighted by Crippen LogP contribution is -2.40. The number of aliphatic imine (C=N–C) groups is 1. The molecule has 0 unspecified atom stereocenters. The average Bonchev–Trinajstić information content (AvgIpc) is 1.98. The van der Waals surface area contributed by atoms with Gasteiger partial charge in [0, 0.05) is 7.05 Å². The second kappa shape index (κ2) is 3.81. The number of ether oxygens (including phenoxy) is 1. The quantitative estimate of drug-likeness (QED) is 0.501. The van der Waals surface area contributed by atoms with Gasteiger partial charge in [-0.05, 0) is 0 Å². The Morgan fingerprint density at radius 2 is 1.92 bits per heavy atom. The number of hydrogen-bond donors (Lipinski definition) is 1. The molecule has 1 N–H and O–H groups in total. The molecule has 0 aliphatic heterocycles. The monoisotopic (exact) mass is 220 g/mol. The molecule has 0 atom stereocenters. The summed E-state index contributed by atoms with van der Waals surface area (Å²) in [5.41, 5.74) is -5.37. The first-order valence-corrected chi connectivity index (χ1v) is 4.32. The highest BCUT2D eigenvalue weighted by Crippen LogP contribution is 2.21. The predicted molar refractivity (Wildman–Crippen MR) is 38.5 cm³/mol. The third-order valence-corrected chi connectivity index (χ3v) is 1.98. The second-order valence-electron chi connectivity index (χ2n) is 1.78. The molecule has 0 spiro atoms. The zero-order chi connectivity index (χ0) is 10.7. The Labute approximate surface area is 72.7 Å². The Morgan fingerprint density at radius 1 is 1.46 bits per heavy atom. The lowest BCUT2D eigenvalue weighted by Gasteiger charge is -2.10. The van der Waals surface area contributed by atoms with E-state index < -0.39 is 21.6 Å². The van der Waals surface area contributed by atoms with Crippen LogP contribution in [0.5, 0.6) is 0 Å². The average molecular weight is 220 g/mol. The van der Waals surface area contributed by atoms with Gasteiger partial charge >= 0.3 is 15.5 Å². The van der Waals surface area contributed by atoms with Crippen molar-refractivity contribution in [2.75, 3.05) is 14.2 Å². The summed E-state index contributed by atoms with van der Waals surface area (Å²) in [6.07, 6.45) is 0. The minimum atomic E-state index is -5.43. The van der Waals surface area contributed by atoms with Gasteiger partial charge in [-0.25, -0.2) is 9.71 Å². The second-order valence-corrected chi connectivity index (χ2v) is 3.46. The molecule has 0 fully saturated rings. The maximum Gasteiger partial charge on any atom is 0.516 e. The fourth-order valence-electron chi connectivity index (χ4n) is 0.351. The van der Waals surface area contributed by atoms with E-state index in [1.165, 1.54) is 0 Å². The number of nitrogens with zero attached hydrogens (tertiary/aromatic N) is 1. The topological polar surface area (TPSA) is 67.8 Å². The highest BCUT2D eigenvalue weighted by Gasteiger charge is 2.46. The molecule has 0 amide bonds. The van der Waals surface area contributed by atoms with E-state index in [2.05, 4.69) is 9.73 Å². The summed E-state index contributed by atoms with van der Waals surface area (Å²) in [5, 5.41) is 0. The van der Waals surface area contributed by atoms with Gasteiger partial charge in [-0.1, -0.05) is 0 Å². The smallest absolute Gasteiger partial charge is 0.468 e. The number of halogens is 3. The van der Waals surface area contributed by atoms with Crippen molar-refractivity contribution in [1.82, 2.24) is 4.72 Å². The summed E-state index contributed by atoms with van der Waals surface area (Å²) < 4.78 is 61.2. The standard InChI is InChI=1S/C4H7F3N2O3S/c1-8-3(12-2)9-13(10,11)4(5,6)7/h1-2H3,(H,8,9). The van der Waals surface area contributed by atoms with Crippen LogP contribution in [0.15, 0.2) is 4.99 Å². The van der Waals surface area contributed by atoms with E-state index in [9.17, 15) is 21.6 Å². The third kappa shape index (κ3) is 3.09. The van der Waals surface area contributed by atoms with Gasteiger partial charge < -0.3 is 4.74 Å². The van der Waals surface area contributed by atoms with Crippen molar-refractivity contribution in [3.63, 3.8) is 0 Å². The van der Waals surface area contributed by atoms with Crippen LogP contribution in [0.3, 0.4) is 0 Å². The highest BCUT2D eigenvalue weighted by molar-refractivity contribution is 7.90. The summed E-state index contributed by atoms with van der Waals surface area (Å²) in [4.78, 5) is 3.11. The maximum atomic E-state index is 11.7.